The van der Waals surface area contributed by atoms with E-state index >= 15 is 0 Å². The lowest BCUT2D eigenvalue weighted by Crippen LogP contribution is -2.46. The van der Waals surface area contributed by atoms with Crippen LogP contribution in [-0.2, 0) is 22.6 Å². The van der Waals surface area contributed by atoms with E-state index in [9.17, 15) is 9.59 Å². The van der Waals surface area contributed by atoms with E-state index in [4.69, 9.17) is 25.8 Å². The summed E-state index contributed by atoms with van der Waals surface area (Å²) in [4.78, 5) is 26.9. The number of halogens is 1. The molecule has 1 N–H and O–H groups in total. The van der Waals surface area contributed by atoms with Crippen molar-refractivity contribution >= 4 is 29.3 Å². The first kappa shape index (κ1) is 26.4. The number of rotatable bonds is 8. The average molecular weight is 523 g/mol. The van der Waals surface area contributed by atoms with Gasteiger partial charge >= 0.3 is 6.09 Å². The van der Waals surface area contributed by atoms with Crippen LogP contribution in [0.15, 0.2) is 72.8 Å². The van der Waals surface area contributed by atoms with Gasteiger partial charge in [-0.05, 0) is 62.2 Å². The second-order valence-corrected chi connectivity index (χ2v) is 10.1. The SMILES string of the molecule is CC(C)(C)OC(=O)NCc1ccc(OCCC2Oc3ccccc3N(Cc3ccccc3Cl)C2=O)cc1. The molecule has 7 nitrogen and oxygen atoms in total. The highest BCUT2D eigenvalue weighted by atomic mass is 35.5. The molecule has 1 atom stereocenters. The number of ether oxygens (including phenoxy) is 3. The van der Waals surface area contributed by atoms with Gasteiger partial charge in [0, 0.05) is 18.0 Å². The Morgan fingerprint density at radius 2 is 1.73 bits per heavy atom. The predicted octanol–water partition coefficient (Wildman–Crippen LogP) is 6.13. The number of para-hydroxylation sites is 2. The number of fused-ring (bicyclic) bond motifs is 1. The highest BCUT2D eigenvalue weighted by Gasteiger charge is 2.34. The third kappa shape index (κ3) is 7.17. The number of nitrogens with one attached hydrogen (secondary N) is 1. The van der Waals surface area contributed by atoms with Gasteiger partial charge in [-0.1, -0.05) is 54.1 Å². The van der Waals surface area contributed by atoms with Gasteiger partial charge in [0.15, 0.2) is 6.10 Å². The van der Waals surface area contributed by atoms with Crippen molar-refractivity contribution in [3.63, 3.8) is 0 Å². The zero-order chi connectivity index (χ0) is 26.4. The molecule has 194 valence electrons. The van der Waals surface area contributed by atoms with Gasteiger partial charge in [0.1, 0.15) is 17.1 Å². The summed E-state index contributed by atoms with van der Waals surface area (Å²) in [6, 6.07) is 22.4. The molecule has 1 aliphatic heterocycles. The number of anilines is 1. The summed E-state index contributed by atoms with van der Waals surface area (Å²) in [7, 11) is 0. The van der Waals surface area contributed by atoms with Gasteiger partial charge < -0.3 is 24.4 Å². The number of nitrogens with zero attached hydrogens (tertiary/aromatic N) is 1. The third-order valence-electron chi connectivity index (χ3n) is 5.66. The molecule has 1 heterocycles. The minimum absolute atomic E-state index is 0.134. The molecule has 3 aromatic rings. The molecule has 1 aliphatic rings. The fourth-order valence-corrected chi connectivity index (χ4v) is 4.09. The summed E-state index contributed by atoms with van der Waals surface area (Å²) in [5.41, 5.74) is 1.96. The summed E-state index contributed by atoms with van der Waals surface area (Å²) in [5.74, 6) is 1.18. The van der Waals surface area contributed by atoms with Crippen LogP contribution in [0.5, 0.6) is 11.5 Å². The summed E-state index contributed by atoms with van der Waals surface area (Å²) in [6.07, 6.45) is -0.751. The van der Waals surface area contributed by atoms with Gasteiger partial charge in [-0.2, -0.15) is 0 Å². The van der Waals surface area contributed by atoms with E-state index in [0.717, 1.165) is 16.8 Å². The molecule has 3 aromatic carbocycles. The highest BCUT2D eigenvalue weighted by Crippen LogP contribution is 2.36. The molecular formula is C29H31ClN2O5. The fraction of sp³-hybridized carbons (Fsp3) is 0.310. The first-order valence-corrected chi connectivity index (χ1v) is 12.6. The quantitative estimate of drug-likeness (QED) is 0.385. The van der Waals surface area contributed by atoms with Crippen molar-refractivity contribution in [2.24, 2.45) is 0 Å². The van der Waals surface area contributed by atoms with Crippen molar-refractivity contribution in [3.05, 3.63) is 88.9 Å². The standard InChI is InChI=1S/C29H31ClN2O5/c1-29(2,3)37-28(34)31-18-20-12-14-22(15-13-20)35-17-16-26-27(33)32(19-21-8-4-5-9-23(21)30)24-10-6-7-11-25(24)36-26/h4-15,26H,16-19H2,1-3H3,(H,31,34). The Morgan fingerprint density at radius 1 is 1.03 bits per heavy atom. The van der Waals surface area contributed by atoms with E-state index in [0.29, 0.717) is 42.6 Å². The summed E-state index contributed by atoms with van der Waals surface area (Å²) >= 11 is 6.36. The Labute approximate surface area is 222 Å². The molecule has 0 spiro atoms. The van der Waals surface area contributed by atoms with Crippen LogP contribution in [0.4, 0.5) is 10.5 Å². The average Bonchev–Trinajstić information content (AvgIpc) is 2.86. The number of hydrogen-bond donors (Lipinski definition) is 1. The van der Waals surface area contributed by atoms with E-state index in [1.165, 1.54) is 0 Å². The van der Waals surface area contributed by atoms with Crippen molar-refractivity contribution < 1.29 is 23.8 Å². The van der Waals surface area contributed by atoms with Crippen molar-refractivity contribution in [1.82, 2.24) is 5.32 Å². The molecule has 8 heteroatoms. The Hall–Kier alpha value is -3.71. The Kier molecular flexibility index (Phi) is 8.24. The Morgan fingerprint density at radius 3 is 2.46 bits per heavy atom. The lowest BCUT2D eigenvalue weighted by molar-refractivity contribution is -0.127. The van der Waals surface area contributed by atoms with Crippen LogP contribution >= 0.6 is 11.6 Å². The van der Waals surface area contributed by atoms with Crippen molar-refractivity contribution in [2.45, 2.75) is 52.0 Å². The molecule has 1 unspecified atom stereocenters. The number of carbonyl (C=O) groups excluding carboxylic acids is 2. The number of benzene rings is 3. The van der Waals surface area contributed by atoms with Crippen LogP contribution in [-0.4, -0.2) is 30.3 Å². The molecule has 2 amide bonds. The maximum atomic E-state index is 13.4. The molecular weight excluding hydrogens is 492 g/mol. The van der Waals surface area contributed by atoms with Gasteiger partial charge in [-0.25, -0.2) is 4.79 Å². The summed E-state index contributed by atoms with van der Waals surface area (Å²) < 4.78 is 17.2. The van der Waals surface area contributed by atoms with Crippen LogP contribution < -0.4 is 19.7 Å². The van der Waals surface area contributed by atoms with E-state index in [-0.39, 0.29) is 5.91 Å². The van der Waals surface area contributed by atoms with Crippen LogP contribution in [0.25, 0.3) is 0 Å². The molecule has 0 aliphatic carbocycles. The van der Waals surface area contributed by atoms with Crippen LogP contribution in [0.2, 0.25) is 5.02 Å². The Bertz CT molecular complexity index is 1240. The molecule has 37 heavy (non-hydrogen) atoms. The van der Waals surface area contributed by atoms with Crippen LogP contribution in [0.3, 0.4) is 0 Å². The van der Waals surface area contributed by atoms with Gasteiger partial charge in [0.05, 0.1) is 18.8 Å². The maximum absolute atomic E-state index is 13.4. The summed E-state index contributed by atoms with van der Waals surface area (Å²) in [5, 5.41) is 3.34. The molecule has 4 rings (SSSR count). The number of hydrogen-bond acceptors (Lipinski definition) is 5. The monoisotopic (exact) mass is 522 g/mol. The Balaban J connectivity index is 1.33. The molecule has 0 radical (unpaired) electrons. The molecule has 0 saturated carbocycles. The number of amides is 2. The van der Waals surface area contributed by atoms with Gasteiger partial charge in [-0.15, -0.1) is 0 Å². The predicted molar refractivity (Wildman–Crippen MR) is 143 cm³/mol. The van der Waals surface area contributed by atoms with E-state index < -0.39 is 17.8 Å². The molecule has 0 fully saturated rings. The van der Waals surface area contributed by atoms with Crippen LogP contribution in [0.1, 0.15) is 38.3 Å². The number of alkyl carbamates (subject to hydrolysis) is 1. The minimum atomic E-state index is -0.672. The second-order valence-electron chi connectivity index (χ2n) is 9.73. The van der Waals surface area contributed by atoms with Gasteiger partial charge in [0.2, 0.25) is 0 Å². The van der Waals surface area contributed by atoms with E-state index in [2.05, 4.69) is 5.32 Å². The highest BCUT2D eigenvalue weighted by molar-refractivity contribution is 6.31. The van der Waals surface area contributed by atoms with Crippen molar-refractivity contribution in [2.75, 3.05) is 11.5 Å². The molecule has 0 bridgehead atoms. The van der Waals surface area contributed by atoms with Crippen LogP contribution in [0, 0.1) is 0 Å². The molecule has 0 aromatic heterocycles. The largest absolute Gasteiger partial charge is 0.493 e. The van der Waals surface area contributed by atoms with Crippen molar-refractivity contribution in [1.29, 1.82) is 0 Å². The lowest BCUT2D eigenvalue weighted by Gasteiger charge is -2.34. The zero-order valence-corrected chi connectivity index (χ0v) is 22.0. The van der Waals surface area contributed by atoms with Gasteiger partial charge in [0.25, 0.3) is 5.91 Å². The first-order chi connectivity index (χ1) is 17.7. The third-order valence-corrected chi connectivity index (χ3v) is 6.03. The fourth-order valence-electron chi connectivity index (χ4n) is 3.89. The number of carbonyl (C=O) groups is 2. The lowest BCUT2D eigenvalue weighted by atomic mass is 10.1. The minimum Gasteiger partial charge on any atom is -0.493 e. The second kappa shape index (κ2) is 11.6. The van der Waals surface area contributed by atoms with Gasteiger partial charge in [-0.3, -0.25) is 4.79 Å². The van der Waals surface area contributed by atoms with Crippen molar-refractivity contribution in [3.8, 4) is 11.5 Å². The smallest absolute Gasteiger partial charge is 0.407 e. The van der Waals surface area contributed by atoms with E-state index in [1.54, 1.807) is 4.90 Å². The van der Waals surface area contributed by atoms with E-state index in [1.807, 2.05) is 93.6 Å². The summed E-state index contributed by atoms with van der Waals surface area (Å²) in [6.45, 7) is 6.46. The molecule has 0 saturated heterocycles. The normalized spacial score (nSPS) is 15.0. The zero-order valence-electron chi connectivity index (χ0n) is 21.2. The maximum Gasteiger partial charge on any atom is 0.407 e. The first-order valence-electron chi connectivity index (χ1n) is 12.2. The topological polar surface area (TPSA) is 77.1 Å².